The predicted molar refractivity (Wildman–Crippen MR) is 92.3 cm³/mol. The first-order valence-corrected chi connectivity index (χ1v) is 8.87. The van der Waals surface area contributed by atoms with Crippen LogP contribution in [0.15, 0.2) is 10.9 Å². The third kappa shape index (κ3) is 3.54. The zero-order valence-corrected chi connectivity index (χ0v) is 14.5. The lowest BCUT2D eigenvalue weighted by atomic mass is 9.98. The molecule has 0 aromatic carbocycles. The standard InChI is InChI=1S/C18H27N3O3/c1-12-10-16(23)19-13(2)17(12)18(24)20-8-5-14(6-9-20)21-7-3-4-15(22)11-21/h10,14-15,22H,3-9,11H2,1-2H3,(H,19,23)/t15-/m0/s1. The highest BCUT2D eigenvalue weighted by Crippen LogP contribution is 2.23. The number of hydrogen-bond donors (Lipinski definition) is 2. The van der Waals surface area contributed by atoms with Crippen molar-refractivity contribution < 1.29 is 9.90 Å². The SMILES string of the molecule is Cc1cc(=O)[nH]c(C)c1C(=O)N1CCC(N2CCC[C@H](O)C2)CC1. The topological polar surface area (TPSA) is 76.6 Å². The van der Waals surface area contributed by atoms with Gasteiger partial charge in [-0.1, -0.05) is 0 Å². The van der Waals surface area contributed by atoms with Crippen molar-refractivity contribution in [2.75, 3.05) is 26.2 Å². The second-order valence-corrected chi connectivity index (χ2v) is 7.13. The van der Waals surface area contributed by atoms with Gasteiger partial charge in [-0.05, 0) is 51.6 Å². The molecule has 1 atom stereocenters. The number of hydrogen-bond acceptors (Lipinski definition) is 4. The van der Waals surface area contributed by atoms with E-state index in [1.807, 2.05) is 11.8 Å². The summed E-state index contributed by atoms with van der Waals surface area (Å²) in [4.78, 5) is 31.3. The number of β-amino-alcohol motifs (C(OH)–C–C–N with tert-alkyl or cyclic N) is 1. The normalized spacial score (nSPS) is 23.5. The van der Waals surface area contributed by atoms with Crippen LogP contribution < -0.4 is 5.56 Å². The molecule has 3 heterocycles. The molecule has 3 rings (SSSR count). The van der Waals surface area contributed by atoms with Gasteiger partial charge in [0, 0.05) is 37.4 Å². The number of rotatable bonds is 2. The van der Waals surface area contributed by atoms with E-state index in [1.54, 1.807) is 6.92 Å². The highest BCUT2D eigenvalue weighted by Gasteiger charge is 2.30. The average Bonchev–Trinajstić information content (AvgIpc) is 2.54. The molecule has 24 heavy (non-hydrogen) atoms. The number of aliphatic hydroxyl groups is 1. The van der Waals surface area contributed by atoms with Crippen LogP contribution in [0, 0.1) is 13.8 Å². The van der Waals surface area contributed by atoms with Crippen molar-refractivity contribution in [3.05, 3.63) is 33.2 Å². The van der Waals surface area contributed by atoms with Crippen molar-refractivity contribution >= 4 is 5.91 Å². The summed E-state index contributed by atoms with van der Waals surface area (Å²) in [5.41, 5.74) is 1.85. The Morgan fingerprint density at radius 3 is 2.54 bits per heavy atom. The lowest BCUT2D eigenvalue weighted by Gasteiger charge is -2.41. The minimum Gasteiger partial charge on any atom is -0.392 e. The third-order valence-corrected chi connectivity index (χ3v) is 5.34. The highest BCUT2D eigenvalue weighted by molar-refractivity contribution is 5.96. The smallest absolute Gasteiger partial charge is 0.255 e. The number of aromatic nitrogens is 1. The second kappa shape index (κ2) is 7.07. The van der Waals surface area contributed by atoms with Crippen molar-refractivity contribution in [1.29, 1.82) is 0 Å². The van der Waals surface area contributed by atoms with Gasteiger partial charge in [-0.15, -0.1) is 0 Å². The van der Waals surface area contributed by atoms with Crippen LogP contribution in [0.2, 0.25) is 0 Å². The summed E-state index contributed by atoms with van der Waals surface area (Å²) in [7, 11) is 0. The Labute approximate surface area is 142 Å². The zero-order chi connectivity index (χ0) is 17.3. The Hall–Kier alpha value is -1.66. The van der Waals surface area contributed by atoms with E-state index in [9.17, 15) is 14.7 Å². The summed E-state index contributed by atoms with van der Waals surface area (Å²) >= 11 is 0. The van der Waals surface area contributed by atoms with Crippen LogP contribution >= 0.6 is 0 Å². The van der Waals surface area contributed by atoms with E-state index in [2.05, 4.69) is 9.88 Å². The Bertz CT molecular complexity index is 636. The number of aromatic amines is 1. The van der Waals surface area contributed by atoms with Crippen LogP contribution in [0.25, 0.3) is 0 Å². The largest absolute Gasteiger partial charge is 0.392 e. The number of likely N-dealkylation sites (tertiary alicyclic amines) is 2. The molecule has 2 saturated heterocycles. The van der Waals surface area contributed by atoms with Crippen molar-refractivity contribution in [2.45, 2.75) is 51.7 Å². The number of carbonyl (C=O) groups is 1. The molecule has 1 aromatic rings. The zero-order valence-electron chi connectivity index (χ0n) is 14.5. The Balaban J connectivity index is 1.64. The molecule has 6 heteroatoms. The van der Waals surface area contributed by atoms with Crippen molar-refractivity contribution in [3.8, 4) is 0 Å². The number of amides is 1. The molecule has 1 aromatic heterocycles. The molecule has 0 unspecified atom stereocenters. The summed E-state index contributed by atoms with van der Waals surface area (Å²) < 4.78 is 0. The van der Waals surface area contributed by atoms with Crippen LogP contribution in [0.4, 0.5) is 0 Å². The summed E-state index contributed by atoms with van der Waals surface area (Å²) in [5, 5.41) is 9.85. The third-order valence-electron chi connectivity index (χ3n) is 5.34. The first kappa shape index (κ1) is 17.2. The second-order valence-electron chi connectivity index (χ2n) is 7.13. The molecule has 0 saturated carbocycles. The molecule has 2 N–H and O–H groups in total. The molecule has 1 amide bonds. The first-order chi connectivity index (χ1) is 11.5. The fourth-order valence-corrected chi connectivity index (χ4v) is 4.08. The summed E-state index contributed by atoms with van der Waals surface area (Å²) in [6.45, 7) is 6.87. The number of piperidine rings is 2. The molecule has 0 aliphatic carbocycles. The van der Waals surface area contributed by atoms with Gasteiger partial charge in [-0.2, -0.15) is 0 Å². The molecule has 0 radical (unpaired) electrons. The monoisotopic (exact) mass is 333 g/mol. The lowest BCUT2D eigenvalue weighted by Crippen LogP contribution is -2.50. The van der Waals surface area contributed by atoms with Gasteiger partial charge in [0.25, 0.3) is 5.91 Å². The van der Waals surface area contributed by atoms with Crippen molar-refractivity contribution in [2.24, 2.45) is 0 Å². The highest BCUT2D eigenvalue weighted by atomic mass is 16.3. The van der Waals surface area contributed by atoms with E-state index in [1.165, 1.54) is 6.07 Å². The number of aryl methyl sites for hydroxylation is 2. The maximum absolute atomic E-state index is 12.8. The van der Waals surface area contributed by atoms with E-state index in [0.717, 1.165) is 57.4 Å². The molecular formula is C18H27N3O3. The van der Waals surface area contributed by atoms with E-state index < -0.39 is 0 Å². The van der Waals surface area contributed by atoms with Crippen LogP contribution in [0.5, 0.6) is 0 Å². The van der Waals surface area contributed by atoms with Gasteiger partial charge >= 0.3 is 0 Å². The minimum absolute atomic E-state index is 0.0124. The number of H-pyrrole nitrogens is 1. The summed E-state index contributed by atoms with van der Waals surface area (Å²) in [5.74, 6) is 0.0124. The van der Waals surface area contributed by atoms with Crippen molar-refractivity contribution in [3.63, 3.8) is 0 Å². The molecular weight excluding hydrogens is 306 g/mol. The van der Waals surface area contributed by atoms with Gasteiger partial charge < -0.3 is 15.0 Å². The maximum atomic E-state index is 12.8. The number of pyridine rings is 1. The number of nitrogens with zero attached hydrogens (tertiary/aromatic N) is 2. The van der Waals surface area contributed by atoms with Gasteiger partial charge in [0.1, 0.15) is 0 Å². The minimum atomic E-state index is -0.204. The van der Waals surface area contributed by atoms with E-state index in [-0.39, 0.29) is 17.6 Å². The average molecular weight is 333 g/mol. The Kier molecular flexibility index (Phi) is 5.06. The fourth-order valence-electron chi connectivity index (χ4n) is 4.08. The number of nitrogens with one attached hydrogen (secondary N) is 1. The molecule has 0 spiro atoms. The van der Waals surface area contributed by atoms with Gasteiger partial charge in [-0.25, -0.2) is 0 Å². The Morgan fingerprint density at radius 2 is 1.92 bits per heavy atom. The molecule has 0 bridgehead atoms. The lowest BCUT2D eigenvalue weighted by molar-refractivity contribution is 0.0240. The molecule has 2 aliphatic heterocycles. The fraction of sp³-hybridized carbons (Fsp3) is 0.667. The van der Waals surface area contributed by atoms with E-state index in [0.29, 0.717) is 17.3 Å². The number of aliphatic hydroxyl groups excluding tert-OH is 1. The molecule has 2 fully saturated rings. The maximum Gasteiger partial charge on any atom is 0.255 e. The van der Waals surface area contributed by atoms with Gasteiger partial charge in [0.2, 0.25) is 5.56 Å². The van der Waals surface area contributed by atoms with Gasteiger partial charge in [-0.3, -0.25) is 14.5 Å². The molecule has 2 aliphatic rings. The van der Waals surface area contributed by atoms with Gasteiger partial charge in [0.05, 0.1) is 11.7 Å². The predicted octanol–water partition coefficient (Wildman–Crippen LogP) is 1.05. The molecule has 6 nitrogen and oxygen atoms in total. The Morgan fingerprint density at radius 1 is 1.21 bits per heavy atom. The van der Waals surface area contributed by atoms with Crippen LogP contribution in [-0.4, -0.2) is 64.1 Å². The van der Waals surface area contributed by atoms with Crippen LogP contribution in [0.1, 0.15) is 47.3 Å². The van der Waals surface area contributed by atoms with Crippen LogP contribution in [-0.2, 0) is 0 Å². The van der Waals surface area contributed by atoms with Crippen LogP contribution in [0.3, 0.4) is 0 Å². The number of carbonyl (C=O) groups excluding carboxylic acids is 1. The first-order valence-electron chi connectivity index (χ1n) is 8.87. The van der Waals surface area contributed by atoms with Gasteiger partial charge in [0.15, 0.2) is 0 Å². The quantitative estimate of drug-likeness (QED) is 0.848. The molecule has 132 valence electrons. The van der Waals surface area contributed by atoms with Crippen molar-refractivity contribution in [1.82, 2.24) is 14.8 Å². The van der Waals surface area contributed by atoms with E-state index >= 15 is 0 Å². The summed E-state index contributed by atoms with van der Waals surface area (Å²) in [6, 6.07) is 1.95. The summed E-state index contributed by atoms with van der Waals surface area (Å²) in [6.07, 6.45) is 3.64. The van der Waals surface area contributed by atoms with E-state index in [4.69, 9.17) is 0 Å².